The van der Waals surface area contributed by atoms with Gasteiger partial charge in [-0.1, -0.05) is 0 Å². The summed E-state index contributed by atoms with van der Waals surface area (Å²) in [6.45, 7) is 4.27. The summed E-state index contributed by atoms with van der Waals surface area (Å²) in [6, 6.07) is 4.50. The van der Waals surface area contributed by atoms with Gasteiger partial charge in [0.1, 0.15) is 0 Å². The average molecular weight is 346 g/mol. The van der Waals surface area contributed by atoms with Gasteiger partial charge < -0.3 is 19.9 Å². The number of nitro benzene ring substituents is 1. The van der Waals surface area contributed by atoms with Crippen LogP contribution >= 0.6 is 0 Å². The fraction of sp³-hybridized carbons (Fsp3) is 0.471. The van der Waals surface area contributed by atoms with Gasteiger partial charge in [0.15, 0.2) is 0 Å². The van der Waals surface area contributed by atoms with Crippen LogP contribution < -0.4 is 5.32 Å². The van der Waals surface area contributed by atoms with E-state index in [4.69, 9.17) is 4.74 Å². The lowest BCUT2D eigenvalue weighted by atomic mass is 10.1. The summed E-state index contributed by atoms with van der Waals surface area (Å²) in [5.74, 6) is -0.128. The number of benzene rings is 1. The zero-order valence-electron chi connectivity index (χ0n) is 14.3. The number of nitro groups is 1. The van der Waals surface area contributed by atoms with Crippen molar-refractivity contribution in [1.82, 2.24) is 15.2 Å². The minimum Gasteiger partial charge on any atom is -0.373 e. The summed E-state index contributed by atoms with van der Waals surface area (Å²) in [6.07, 6.45) is 1.85. The smallest absolute Gasteiger partial charge is 0.270 e. The van der Waals surface area contributed by atoms with Gasteiger partial charge in [-0.3, -0.25) is 14.9 Å². The molecule has 1 fully saturated rings. The molecular formula is C17H22N4O4. The Morgan fingerprint density at radius 1 is 1.56 bits per heavy atom. The van der Waals surface area contributed by atoms with Crippen LogP contribution in [0.25, 0.3) is 10.9 Å². The lowest BCUT2D eigenvalue weighted by Crippen LogP contribution is -2.51. The highest BCUT2D eigenvalue weighted by Gasteiger charge is 2.25. The van der Waals surface area contributed by atoms with E-state index < -0.39 is 4.92 Å². The highest BCUT2D eigenvalue weighted by atomic mass is 16.6. The molecule has 0 saturated carbocycles. The van der Waals surface area contributed by atoms with Crippen molar-refractivity contribution in [2.75, 3.05) is 26.7 Å². The maximum Gasteiger partial charge on any atom is 0.270 e. The Bertz CT molecular complexity index is 788. The van der Waals surface area contributed by atoms with Gasteiger partial charge in [0.25, 0.3) is 5.69 Å². The van der Waals surface area contributed by atoms with Crippen LogP contribution in [0.15, 0.2) is 24.4 Å². The molecule has 25 heavy (non-hydrogen) atoms. The van der Waals surface area contributed by atoms with Crippen molar-refractivity contribution in [2.24, 2.45) is 0 Å². The molecule has 2 atom stereocenters. The summed E-state index contributed by atoms with van der Waals surface area (Å²) in [5, 5.41) is 14.6. The van der Waals surface area contributed by atoms with E-state index in [2.05, 4.69) is 15.2 Å². The minimum absolute atomic E-state index is 0.0146. The third-order valence-corrected chi connectivity index (χ3v) is 4.56. The standard InChI is InChI=1S/C17H22N4O4/c1-11(16-10-20(2)5-6-25-16)19-17(22)7-12-9-18-15-4-3-13(21(23)24)8-14(12)15/h3-4,8-9,11,16,18H,5-7,10H2,1-2H3,(H,19,22)/t11-,16+/m1/s1. The highest BCUT2D eigenvalue weighted by molar-refractivity contribution is 5.90. The van der Waals surface area contributed by atoms with Gasteiger partial charge in [-0.15, -0.1) is 0 Å². The van der Waals surface area contributed by atoms with E-state index in [1.54, 1.807) is 12.3 Å². The number of nitrogens with one attached hydrogen (secondary N) is 2. The maximum atomic E-state index is 12.4. The Balaban J connectivity index is 1.67. The number of fused-ring (bicyclic) bond motifs is 1. The highest BCUT2D eigenvalue weighted by Crippen LogP contribution is 2.24. The molecule has 0 aliphatic carbocycles. The summed E-state index contributed by atoms with van der Waals surface area (Å²) < 4.78 is 5.72. The van der Waals surface area contributed by atoms with Crippen molar-refractivity contribution >= 4 is 22.5 Å². The van der Waals surface area contributed by atoms with Gasteiger partial charge in [-0.05, 0) is 25.6 Å². The third-order valence-electron chi connectivity index (χ3n) is 4.56. The zero-order valence-corrected chi connectivity index (χ0v) is 14.3. The number of carbonyl (C=O) groups excluding carboxylic acids is 1. The van der Waals surface area contributed by atoms with Crippen molar-refractivity contribution in [1.29, 1.82) is 0 Å². The molecule has 1 amide bonds. The second-order valence-electron chi connectivity index (χ2n) is 6.51. The number of ether oxygens (including phenoxy) is 1. The third kappa shape index (κ3) is 3.97. The molecule has 134 valence electrons. The molecular weight excluding hydrogens is 324 g/mol. The molecule has 8 heteroatoms. The Morgan fingerprint density at radius 2 is 2.36 bits per heavy atom. The molecule has 2 aromatic rings. The maximum absolute atomic E-state index is 12.4. The van der Waals surface area contributed by atoms with Crippen molar-refractivity contribution in [3.63, 3.8) is 0 Å². The van der Waals surface area contributed by atoms with Gasteiger partial charge in [-0.25, -0.2) is 0 Å². The van der Waals surface area contributed by atoms with E-state index in [-0.39, 0.29) is 30.2 Å². The van der Waals surface area contributed by atoms with Crippen LogP contribution in [0.1, 0.15) is 12.5 Å². The van der Waals surface area contributed by atoms with Crippen molar-refractivity contribution in [2.45, 2.75) is 25.5 Å². The second-order valence-corrected chi connectivity index (χ2v) is 6.51. The summed E-state index contributed by atoms with van der Waals surface area (Å²) in [7, 11) is 2.03. The second kappa shape index (κ2) is 7.20. The molecule has 0 bridgehead atoms. The topological polar surface area (TPSA) is 100 Å². The number of aromatic nitrogens is 1. The Morgan fingerprint density at radius 3 is 3.08 bits per heavy atom. The quantitative estimate of drug-likeness (QED) is 0.630. The Labute approximate surface area is 145 Å². The first-order valence-corrected chi connectivity index (χ1v) is 8.28. The number of rotatable bonds is 5. The average Bonchev–Trinajstić information content (AvgIpc) is 2.96. The van der Waals surface area contributed by atoms with Gasteiger partial charge in [0.05, 0.1) is 30.1 Å². The molecule has 1 aromatic heterocycles. The molecule has 0 unspecified atom stereocenters. The minimum atomic E-state index is -0.435. The number of aromatic amines is 1. The first kappa shape index (κ1) is 17.4. The summed E-state index contributed by atoms with van der Waals surface area (Å²) in [4.78, 5) is 28.1. The monoisotopic (exact) mass is 346 g/mol. The predicted molar refractivity (Wildman–Crippen MR) is 93.5 cm³/mol. The van der Waals surface area contributed by atoms with Crippen LogP contribution in [0.4, 0.5) is 5.69 Å². The molecule has 1 aliphatic heterocycles. The molecule has 2 heterocycles. The molecule has 3 rings (SSSR count). The Kier molecular flexibility index (Phi) is 5.00. The number of non-ortho nitro benzene ring substituents is 1. The van der Waals surface area contributed by atoms with Crippen LogP contribution in [0, 0.1) is 10.1 Å². The normalized spacial score (nSPS) is 19.7. The number of H-pyrrole nitrogens is 1. The van der Waals surface area contributed by atoms with E-state index in [0.717, 1.165) is 24.2 Å². The molecule has 1 aliphatic rings. The first-order chi connectivity index (χ1) is 11.9. The van der Waals surface area contributed by atoms with E-state index in [1.807, 2.05) is 14.0 Å². The van der Waals surface area contributed by atoms with Crippen molar-refractivity contribution < 1.29 is 14.5 Å². The van der Waals surface area contributed by atoms with Crippen LogP contribution in [-0.2, 0) is 16.0 Å². The van der Waals surface area contributed by atoms with Crippen LogP contribution in [0.3, 0.4) is 0 Å². The number of amides is 1. The predicted octanol–water partition coefficient (Wildman–Crippen LogP) is 1.45. The number of carbonyl (C=O) groups is 1. The number of hydrogen-bond acceptors (Lipinski definition) is 5. The van der Waals surface area contributed by atoms with E-state index in [1.165, 1.54) is 12.1 Å². The summed E-state index contributed by atoms with van der Waals surface area (Å²) >= 11 is 0. The lowest BCUT2D eigenvalue weighted by molar-refractivity contribution is -0.384. The fourth-order valence-corrected chi connectivity index (χ4v) is 3.11. The molecule has 0 radical (unpaired) electrons. The molecule has 1 aromatic carbocycles. The van der Waals surface area contributed by atoms with Crippen LogP contribution in [0.2, 0.25) is 0 Å². The Hall–Kier alpha value is -2.45. The zero-order chi connectivity index (χ0) is 18.0. The molecule has 1 saturated heterocycles. The largest absolute Gasteiger partial charge is 0.373 e. The van der Waals surface area contributed by atoms with Gasteiger partial charge in [-0.2, -0.15) is 0 Å². The summed E-state index contributed by atoms with van der Waals surface area (Å²) in [5.41, 5.74) is 1.53. The number of nitrogens with zero attached hydrogens (tertiary/aromatic N) is 2. The van der Waals surface area contributed by atoms with Gasteiger partial charge >= 0.3 is 0 Å². The van der Waals surface area contributed by atoms with Crippen molar-refractivity contribution in [3.05, 3.63) is 40.1 Å². The SMILES string of the molecule is C[C@@H](NC(=O)Cc1c[nH]c2ccc([N+](=O)[O-])cc12)[C@@H]1CN(C)CCO1. The first-order valence-electron chi connectivity index (χ1n) is 8.28. The fourth-order valence-electron chi connectivity index (χ4n) is 3.11. The van der Waals surface area contributed by atoms with Crippen LogP contribution in [0.5, 0.6) is 0 Å². The number of likely N-dealkylation sites (N-methyl/N-ethyl adjacent to an activating group) is 1. The van der Waals surface area contributed by atoms with E-state index >= 15 is 0 Å². The van der Waals surface area contributed by atoms with Crippen LogP contribution in [-0.4, -0.2) is 59.6 Å². The molecule has 0 spiro atoms. The van der Waals surface area contributed by atoms with Crippen molar-refractivity contribution in [3.8, 4) is 0 Å². The number of hydrogen-bond donors (Lipinski definition) is 2. The number of morpholine rings is 1. The van der Waals surface area contributed by atoms with Gasteiger partial charge in [0, 0.05) is 42.3 Å². The van der Waals surface area contributed by atoms with E-state index in [0.29, 0.717) is 12.0 Å². The van der Waals surface area contributed by atoms with E-state index in [9.17, 15) is 14.9 Å². The molecule has 8 nitrogen and oxygen atoms in total. The lowest BCUT2D eigenvalue weighted by Gasteiger charge is -2.33. The molecule has 2 N–H and O–H groups in total. The van der Waals surface area contributed by atoms with Gasteiger partial charge in [0.2, 0.25) is 5.91 Å².